The maximum absolute atomic E-state index is 13.2. The molecule has 0 aliphatic rings. The smallest absolute Gasteiger partial charge is 0.323 e. The number of rotatable bonds is 15. The standard InChI is InChI=1S/C26H48N2O9S2/c1-24(2,3)35-21(30)17-28(18-22(31)36-25(4,5)6)19(23(32)37-26(7,8)9)13-11-12-15-27-20(29)14-16-38-39(10,33)34/h19H,11-18H2,1-10H3,(H,27,29). The van der Waals surface area contributed by atoms with Gasteiger partial charge in [0.1, 0.15) is 22.8 Å². The van der Waals surface area contributed by atoms with Crippen LogP contribution >= 0.6 is 10.8 Å². The van der Waals surface area contributed by atoms with Gasteiger partial charge in [-0.25, -0.2) is 8.42 Å². The Kier molecular flexibility index (Phi) is 15.0. The van der Waals surface area contributed by atoms with Crippen molar-refractivity contribution in [3.63, 3.8) is 0 Å². The third-order valence-corrected chi connectivity index (χ3v) is 7.06. The maximum atomic E-state index is 13.2. The number of unbranched alkanes of at least 4 members (excludes halogenated alkanes) is 1. The summed E-state index contributed by atoms with van der Waals surface area (Å²) in [6.45, 7) is 15.2. The van der Waals surface area contributed by atoms with Crippen LogP contribution in [0.1, 0.15) is 88.0 Å². The molecule has 0 rings (SSSR count). The average Bonchev–Trinajstić information content (AvgIpc) is 2.64. The van der Waals surface area contributed by atoms with Gasteiger partial charge in [0.2, 0.25) is 5.91 Å². The van der Waals surface area contributed by atoms with E-state index in [9.17, 15) is 27.6 Å². The van der Waals surface area contributed by atoms with E-state index in [1.807, 2.05) is 0 Å². The van der Waals surface area contributed by atoms with Crippen molar-refractivity contribution in [3.8, 4) is 0 Å². The number of hydrogen-bond donors (Lipinski definition) is 1. The molecule has 0 fully saturated rings. The van der Waals surface area contributed by atoms with Gasteiger partial charge in [-0.15, -0.1) is 0 Å². The van der Waals surface area contributed by atoms with Gasteiger partial charge in [-0.2, -0.15) is 0 Å². The van der Waals surface area contributed by atoms with Gasteiger partial charge >= 0.3 is 17.9 Å². The van der Waals surface area contributed by atoms with E-state index in [0.29, 0.717) is 30.2 Å². The van der Waals surface area contributed by atoms with Crippen LogP contribution in [-0.4, -0.2) is 91.6 Å². The van der Waals surface area contributed by atoms with Crippen molar-refractivity contribution in [1.82, 2.24) is 10.2 Å². The minimum absolute atomic E-state index is 0.0673. The molecule has 0 radical (unpaired) electrons. The number of ether oxygens (including phenoxy) is 3. The van der Waals surface area contributed by atoms with Gasteiger partial charge in [0.25, 0.3) is 0 Å². The molecule has 1 amide bonds. The fourth-order valence-electron chi connectivity index (χ4n) is 3.24. The SMILES string of the molecule is CC(C)(C)OC(=O)CN(CC(=O)OC(C)(C)C)C(CCCCNC(=O)CCSS(C)(=O)=O)C(=O)OC(C)(C)C. The first-order chi connectivity index (χ1) is 17.5. The zero-order valence-corrected chi connectivity index (χ0v) is 26.8. The van der Waals surface area contributed by atoms with E-state index in [4.69, 9.17) is 14.2 Å². The fourth-order valence-corrected chi connectivity index (χ4v) is 4.97. The Balaban J connectivity index is 5.49. The van der Waals surface area contributed by atoms with Crippen molar-refractivity contribution < 1.29 is 41.8 Å². The number of hydrogen-bond acceptors (Lipinski definition) is 11. The summed E-state index contributed by atoms with van der Waals surface area (Å²) in [6.07, 6.45) is 2.39. The minimum Gasteiger partial charge on any atom is -0.459 e. The second-order valence-electron chi connectivity index (χ2n) is 12.2. The van der Waals surface area contributed by atoms with E-state index in [1.165, 1.54) is 4.90 Å². The fraction of sp³-hybridized carbons (Fsp3) is 0.846. The first kappa shape index (κ1) is 37.1. The topological polar surface area (TPSA) is 145 Å². The quantitative estimate of drug-likeness (QED) is 0.129. The number of carbonyl (C=O) groups excluding carboxylic acids is 4. The molecule has 0 bridgehead atoms. The van der Waals surface area contributed by atoms with Crippen LogP contribution in [0.5, 0.6) is 0 Å². The number of esters is 3. The lowest BCUT2D eigenvalue weighted by molar-refractivity contribution is -0.168. The highest BCUT2D eigenvalue weighted by atomic mass is 33.1. The first-order valence-corrected chi connectivity index (χ1v) is 16.4. The largest absolute Gasteiger partial charge is 0.459 e. The summed E-state index contributed by atoms with van der Waals surface area (Å²) >= 11 is 0. The van der Waals surface area contributed by atoms with Crippen LogP contribution in [-0.2, 0) is 42.3 Å². The Morgan fingerprint density at radius 2 is 1.26 bits per heavy atom. The molecular weight excluding hydrogens is 548 g/mol. The molecule has 0 aromatic carbocycles. The molecule has 39 heavy (non-hydrogen) atoms. The van der Waals surface area contributed by atoms with Crippen molar-refractivity contribution >= 4 is 43.5 Å². The minimum atomic E-state index is -3.20. The summed E-state index contributed by atoms with van der Waals surface area (Å²) < 4.78 is 38.8. The summed E-state index contributed by atoms with van der Waals surface area (Å²) in [7, 11) is -2.49. The molecule has 0 aromatic rings. The molecule has 0 aromatic heterocycles. The van der Waals surface area contributed by atoms with Gasteiger partial charge in [-0.3, -0.25) is 24.1 Å². The molecule has 1 atom stereocenters. The summed E-state index contributed by atoms with van der Waals surface area (Å²) in [5.41, 5.74) is -2.31. The Bertz CT molecular complexity index is 901. The Morgan fingerprint density at radius 1 is 0.795 bits per heavy atom. The van der Waals surface area contributed by atoms with Crippen LogP contribution in [0, 0.1) is 0 Å². The highest BCUT2D eigenvalue weighted by Gasteiger charge is 2.34. The van der Waals surface area contributed by atoms with E-state index in [-0.39, 0.29) is 37.6 Å². The van der Waals surface area contributed by atoms with Crippen LogP contribution in [0.25, 0.3) is 0 Å². The van der Waals surface area contributed by atoms with Crippen molar-refractivity contribution in [3.05, 3.63) is 0 Å². The van der Waals surface area contributed by atoms with Gasteiger partial charge in [0.05, 0.1) is 13.1 Å². The molecule has 0 aliphatic heterocycles. The molecule has 0 saturated heterocycles. The van der Waals surface area contributed by atoms with Crippen molar-refractivity contribution in [1.29, 1.82) is 0 Å². The second-order valence-corrected chi connectivity index (χ2v) is 16.8. The lowest BCUT2D eigenvalue weighted by Gasteiger charge is -2.33. The number of carbonyl (C=O) groups is 4. The third kappa shape index (κ3) is 21.6. The molecule has 11 nitrogen and oxygen atoms in total. The highest BCUT2D eigenvalue weighted by molar-refractivity contribution is 8.71. The zero-order valence-electron chi connectivity index (χ0n) is 25.2. The van der Waals surface area contributed by atoms with Crippen LogP contribution in [0.3, 0.4) is 0 Å². The Hall–Kier alpha value is -1.86. The van der Waals surface area contributed by atoms with E-state index >= 15 is 0 Å². The van der Waals surface area contributed by atoms with Crippen molar-refractivity contribution in [2.24, 2.45) is 0 Å². The monoisotopic (exact) mass is 596 g/mol. The Labute approximate surface area is 237 Å². The van der Waals surface area contributed by atoms with Gasteiger partial charge in [0.15, 0.2) is 8.87 Å². The van der Waals surface area contributed by atoms with Crippen molar-refractivity contribution in [2.45, 2.75) is 111 Å². The predicted molar refractivity (Wildman–Crippen MR) is 152 cm³/mol. The highest BCUT2D eigenvalue weighted by Crippen LogP contribution is 2.18. The van der Waals surface area contributed by atoms with E-state index in [2.05, 4.69) is 5.32 Å². The first-order valence-electron chi connectivity index (χ1n) is 13.0. The van der Waals surface area contributed by atoms with Crippen LogP contribution in [0.4, 0.5) is 0 Å². The molecule has 1 unspecified atom stereocenters. The third-order valence-electron chi connectivity index (χ3n) is 4.48. The molecule has 228 valence electrons. The molecular formula is C26H48N2O9S2. The lowest BCUT2D eigenvalue weighted by atomic mass is 10.1. The average molecular weight is 597 g/mol. The van der Waals surface area contributed by atoms with E-state index in [1.54, 1.807) is 62.3 Å². The zero-order chi connectivity index (χ0) is 30.7. The Morgan fingerprint density at radius 3 is 1.67 bits per heavy atom. The van der Waals surface area contributed by atoms with Gasteiger partial charge < -0.3 is 19.5 Å². The summed E-state index contributed by atoms with van der Waals surface area (Å²) in [5, 5.41) is 2.73. The van der Waals surface area contributed by atoms with Crippen LogP contribution in [0.15, 0.2) is 0 Å². The normalized spacial score (nSPS) is 13.5. The predicted octanol–water partition coefficient (Wildman–Crippen LogP) is 3.05. The van der Waals surface area contributed by atoms with Gasteiger partial charge in [0, 0.05) is 25.0 Å². The van der Waals surface area contributed by atoms with Gasteiger partial charge in [-0.05, 0) is 92.4 Å². The second kappa shape index (κ2) is 15.8. The molecule has 13 heteroatoms. The summed E-state index contributed by atoms with van der Waals surface area (Å²) in [4.78, 5) is 52.0. The number of nitrogens with zero attached hydrogens (tertiary/aromatic N) is 1. The number of nitrogens with one attached hydrogen (secondary N) is 1. The lowest BCUT2D eigenvalue weighted by Crippen LogP contribution is -2.50. The van der Waals surface area contributed by atoms with E-state index in [0.717, 1.165) is 6.26 Å². The van der Waals surface area contributed by atoms with Crippen molar-refractivity contribution in [2.75, 3.05) is 31.6 Å². The van der Waals surface area contributed by atoms with Gasteiger partial charge in [-0.1, -0.05) is 0 Å². The van der Waals surface area contributed by atoms with Crippen LogP contribution < -0.4 is 5.32 Å². The molecule has 0 aliphatic carbocycles. The summed E-state index contributed by atoms with van der Waals surface area (Å²) in [5.74, 6) is -1.89. The molecule has 0 spiro atoms. The maximum Gasteiger partial charge on any atom is 0.323 e. The summed E-state index contributed by atoms with van der Waals surface area (Å²) in [6, 6.07) is -0.939. The molecule has 1 N–H and O–H groups in total. The van der Waals surface area contributed by atoms with E-state index < -0.39 is 49.6 Å². The molecule has 0 heterocycles. The number of amides is 1. The molecule has 0 saturated carbocycles. The van der Waals surface area contributed by atoms with Crippen LogP contribution in [0.2, 0.25) is 0 Å².